The van der Waals surface area contributed by atoms with Crippen molar-refractivity contribution in [3.05, 3.63) is 36.2 Å². The number of hydrogen-bond donors (Lipinski definition) is 1. The second-order valence-electron chi connectivity index (χ2n) is 6.41. The first-order valence-corrected chi connectivity index (χ1v) is 7.93. The van der Waals surface area contributed by atoms with Crippen LogP contribution < -0.4 is 0 Å². The zero-order chi connectivity index (χ0) is 13.1. The van der Waals surface area contributed by atoms with Crippen molar-refractivity contribution in [1.82, 2.24) is 0 Å². The molecule has 0 heterocycles. The van der Waals surface area contributed by atoms with Crippen molar-refractivity contribution >= 4 is 0 Å². The SMILES string of the molecule is Oc1ccc(C2CCC(C3CC[CH-]CC3)CC2)cc1.[Nd]. The zero-order valence-electron chi connectivity index (χ0n) is 12.2. The molecule has 1 nitrogen and oxygen atoms in total. The summed E-state index contributed by atoms with van der Waals surface area (Å²) in [6.45, 7) is 0. The number of aromatic hydroxyl groups is 1. The fourth-order valence-electron chi connectivity index (χ4n) is 4.09. The van der Waals surface area contributed by atoms with Crippen molar-refractivity contribution < 1.29 is 45.9 Å². The van der Waals surface area contributed by atoms with Gasteiger partial charge in [-0.2, -0.15) is 12.8 Å². The zero-order valence-corrected chi connectivity index (χ0v) is 15.4. The molecule has 2 fully saturated rings. The van der Waals surface area contributed by atoms with Gasteiger partial charge in [0.1, 0.15) is 5.75 Å². The van der Waals surface area contributed by atoms with Crippen LogP contribution in [0, 0.1) is 59.1 Å². The average Bonchev–Trinajstić information content (AvgIpc) is 2.49. The third-order valence-electron chi connectivity index (χ3n) is 5.29. The Morgan fingerprint density at radius 3 is 1.95 bits per heavy atom. The molecule has 0 aliphatic heterocycles. The Labute approximate surface area is 156 Å². The van der Waals surface area contributed by atoms with Crippen molar-refractivity contribution in [1.29, 1.82) is 0 Å². The normalized spacial score (nSPS) is 27.8. The molecule has 0 saturated heterocycles. The molecule has 1 aromatic rings. The number of phenolic OH excluding ortho intramolecular Hbond substituents is 1. The molecular weight excluding hydrogens is 376 g/mol. The number of benzene rings is 1. The molecule has 0 radical (unpaired) electrons. The monoisotopic (exact) mass is 399 g/mol. The Kier molecular flexibility index (Phi) is 6.80. The number of phenols is 1. The van der Waals surface area contributed by atoms with Gasteiger partial charge in [-0.05, 0) is 61.1 Å². The smallest absolute Gasteiger partial charge is 0.115 e. The van der Waals surface area contributed by atoms with E-state index in [-0.39, 0.29) is 40.8 Å². The van der Waals surface area contributed by atoms with E-state index in [0.29, 0.717) is 5.75 Å². The van der Waals surface area contributed by atoms with Crippen LogP contribution in [-0.2, 0) is 0 Å². The summed E-state index contributed by atoms with van der Waals surface area (Å²) in [5, 5.41) is 9.36. The van der Waals surface area contributed by atoms with Gasteiger partial charge in [0.05, 0.1) is 0 Å². The maximum Gasteiger partial charge on any atom is 0.115 e. The predicted octanol–water partition coefficient (Wildman–Crippen LogP) is 5.06. The van der Waals surface area contributed by atoms with Crippen LogP contribution in [0.3, 0.4) is 0 Å². The van der Waals surface area contributed by atoms with Crippen molar-refractivity contribution in [3.8, 4) is 5.75 Å². The number of rotatable bonds is 2. The molecule has 2 heteroatoms. The second kappa shape index (κ2) is 8.12. The van der Waals surface area contributed by atoms with E-state index in [2.05, 4.69) is 18.6 Å². The topological polar surface area (TPSA) is 20.2 Å². The van der Waals surface area contributed by atoms with Gasteiger partial charge in [-0.3, -0.25) is 0 Å². The first kappa shape index (κ1) is 16.7. The molecule has 2 aliphatic carbocycles. The Bertz CT molecular complexity index is 386. The van der Waals surface area contributed by atoms with Crippen LogP contribution in [0.5, 0.6) is 5.75 Å². The summed E-state index contributed by atoms with van der Waals surface area (Å²) < 4.78 is 0. The summed E-state index contributed by atoms with van der Waals surface area (Å²) in [5.74, 6) is 3.11. The molecule has 3 rings (SSSR count). The maximum absolute atomic E-state index is 9.36. The standard InChI is InChI=1S/C18H25O.Nd/c19-18-12-10-17(11-13-18)16-8-6-15(7-9-16)14-4-2-1-3-5-14;/h1,10-16,19H,2-9H2;/q-1;. The maximum atomic E-state index is 9.36. The Morgan fingerprint density at radius 2 is 1.35 bits per heavy atom. The molecule has 2 aliphatic rings. The minimum absolute atomic E-state index is 0. The molecule has 20 heavy (non-hydrogen) atoms. The van der Waals surface area contributed by atoms with E-state index in [4.69, 9.17) is 0 Å². The van der Waals surface area contributed by atoms with Gasteiger partial charge in [0.2, 0.25) is 0 Å². The fraction of sp³-hybridized carbons (Fsp3) is 0.611. The third kappa shape index (κ3) is 4.19. The van der Waals surface area contributed by atoms with Crippen LogP contribution in [0.1, 0.15) is 62.8 Å². The van der Waals surface area contributed by atoms with Crippen LogP contribution in [-0.4, -0.2) is 5.11 Å². The first-order valence-electron chi connectivity index (χ1n) is 7.93. The minimum atomic E-state index is 0. The summed E-state index contributed by atoms with van der Waals surface area (Å²) in [4.78, 5) is 0. The molecule has 0 amide bonds. The fourth-order valence-corrected chi connectivity index (χ4v) is 4.09. The Balaban J connectivity index is 0.00000147. The van der Waals surface area contributed by atoms with Crippen molar-refractivity contribution in [2.24, 2.45) is 11.8 Å². The van der Waals surface area contributed by atoms with E-state index in [1.54, 1.807) is 0 Å². The van der Waals surface area contributed by atoms with Crippen LogP contribution >= 0.6 is 0 Å². The summed E-state index contributed by atoms with van der Waals surface area (Å²) in [6.07, 6.45) is 13.6. The van der Waals surface area contributed by atoms with Crippen LogP contribution in [0.4, 0.5) is 0 Å². The van der Waals surface area contributed by atoms with E-state index in [9.17, 15) is 5.11 Å². The molecule has 0 atom stereocenters. The van der Waals surface area contributed by atoms with E-state index in [1.807, 2.05) is 12.1 Å². The molecule has 108 valence electrons. The molecular formula is C18H25NdO-. The van der Waals surface area contributed by atoms with Crippen molar-refractivity contribution in [2.45, 2.75) is 57.3 Å². The predicted molar refractivity (Wildman–Crippen MR) is 79.1 cm³/mol. The summed E-state index contributed by atoms with van der Waals surface area (Å²) >= 11 is 0. The molecule has 1 N–H and O–H groups in total. The van der Waals surface area contributed by atoms with E-state index in [1.165, 1.54) is 56.9 Å². The summed E-state index contributed by atoms with van der Waals surface area (Å²) in [6, 6.07) is 7.88. The Hall–Kier alpha value is 0.371. The summed E-state index contributed by atoms with van der Waals surface area (Å²) in [7, 11) is 0. The largest absolute Gasteiger partial charge is 0.508 e. The van der Waals surface area contributed by atoms with Gasteiger partial charge < -0.3 is 11.5 Å². The quantitative estimate of drug-likeness (QED) is 0.687. The van der Waals surface area contributed by atoms with E-state index < -0.39 is 0 Å². The average molecular weight is 402 g/mol. The number of hydrogen-bond acceptors (Lipinski definition) is 1. The van der Waals surface area contributed by atoms with Gasteiger partial charge in [-0.15, -0.1) is 0 Å². The van der Waals surface area contributed by atoms with Gasteiger partial charge in [-0.25, -0.2) is 0 Å². The van der Waals surface area contributed by atoms with Crippen molar-refractivity contribution in [2.75, 3.05) is 0 Å². The van der Waals surface area contributed by atoms with Crippen molar-refractivity contribution in [3.63, 3.8) is 0 Å². The van der Waals surface area contributed by atoms with Crippen LogP contribution in [0.15, 0.2) is 24.3 Å². The molecule has 2 saturated carbocycles. The second-order valence-corrected chi connectivity index (χ2v) is 6.41. The third-order valence-corrected chi connectivity index (χ3v) is 5.29. The molecule has 0 aromatic heterocycles. The molecule has 1 aromatic carbocycles. The minimum Gasteiger partial charge on any atom is -0.508 e. The van der Waals surface area contributed by atoms with Gasteiger partial charge in [0.25, 0.3) is 0 Å². The molecule has 0 bridgehead atoms. The molecule has 0 spiro atoms. The van der Waals surface area contributed by atoms with Gasteiger partial charge >= 0.3 is 0 Å². The summed E-state index contributed by atoms with van der Waals surface area (Å²) in [5.41, 5.74) is 1.42. The van der Waals surface area contributed by atoms with E-state index in [0.717, 1.165) is 17.8 Å². The van der Waals surface area contributed by atoms with Gasteiger partial charge in [0.15, 0.2) is 0 Å². The van der Waals surface area contributed by atoms with Crippen LogP contribution in [0.2, 0.25) is 0 Å². The Morgan fingerprint density at radius 1 is 0.800 bits per heavy atom. The van der Waals surface area contributed by atoms with Crippen LogP contribution in [0.25, 0.3) is 0 Å². The molecule has 0 unspecified atom stereocenters. The van der Waals surface area contributed by atoms with E-state index >= 15 is 0 Å². The van der Waals surface area contributed by atoms with Gasteiger partial charge in [0, 0.05) is 40.8 Å². The van der Waals surface area contributed by atoms with Gasteiger partial charge in [-0.1, -0.05) is 25.0 Å². The first-order chi connectivity index (χ1) is 9.33.